The van der Waals surface area contributed by atoms with Crippen molar-refractivity contribution in [1.82, 2.24) is 0 Å². The summed E-state index contributed by atoms with van der Waals surface area (Å²) in [6, 6.07) is 0. The SMILES string of the molecule is C=C(Br)CC(C)(O)CCCC. The molecule has 0 aromatic rings. The van der Waals surface area contributed by atoms with Crippen molar-refractivity contribution in [2.24, 2.45) is 0 Å². The lowest BCUT2D eigenvalue weighted by atomic mass is 9.96. The van der Waals surface area contributed by atoms with Crippen molar-refractivity contribution in [2.75, 3.05) is 0 Å². The van der Waals surface area contributed by atoms with Gasteiger partial charge in [-0.25, -0.2) is 0 Å². The van der Waals surface area contributed by atoms with Gasteiger partial charge in [0, 0.05) is 6.42 Å². The molecule has 0 fully saturated rings. The maximum atomic E-state index is 9.73. The zero-order valence-corrected chi connectivity index (χ0v) is 8.95. The second-order valence-electron chi connectivity index (χ2n) is 3.29. The molecule has 0 aliphatic heterocycles. The summed E-state index contributed by atoms with van der Waals surface area (Å²) >= 11 is 3.25. The molecule has 66 valence electrons. The van der Waals surface area contributed by atoms with Gasteiger partial charge in [0.15, 0.2) is 0 Å². The van der Waals surface area contributed by atoms with Crippen molar-refractivity contribution in [3.63, 3.8) is 0 Å². The lowest BCUT2D eigenvalue weighted by molar-refractivity contribution is 0.0511. The Morgan fingerprint density at radius 3 is 2.55 bits per heavy atom. The number of unbranched alkanes of at least 4 members (excludes halogenated alkanes) is 1. The average molecular weight is 221 g/mol. The van der Waals surface area contributed by atoms with Gasteiger partial charge < -0.3 is 5.11 Å². The van der Waals surface area contributed by atoms with E-state index < -0.39 is 5.60 Å². The minimum Gasteiger partial charge on any atom is -0.390 e. The summed E-state index contributed by atoms with van der Waals surface area (Å²) in [4.78, 5) is 0. The fourth-order valence-corrected chi connectivity index (χ4v) is 1.66. The Kier molecular flexibility index (Phi) is 5.02. The highest BCUT2D eigenvalue weighted by atomic mass is 79.9. The summed E-state index contributed by atoms with van der Waals surface area (Å²) < 4.78 is 0.874. The molecule has 0 radical (unpaired) electrons. The minimum atomic E-state index is -0.573. The van der Waals surface area contributed by atoms with E-state index in [0.29, 0.717) is 6.42 Å². The Labute approximate surface area is 77.6 Å². The molecule has 1 N–H and O–H groups in total. The molecule has 0 bridgehead atoms. The van der Waals surface area contributed by atoms with Crippen LogP contribution in [0.4, 0.5) is 0 Å². The van der Waals surface area contributed by atoms with E-state index in [9.17, 15) is 5.11 Å². The van der Waals surface area contributed by atoms with Crippen molar-refractivity contribution < 1.29 is 5.11 Å². The first kappa shape index (κ1) is 11.2. The van der Waals surface area contributed by atoms with E-state index in [2.05, 4.69) is 29.4 Å². The molecule has 0 amide bonds. The summed E-state index contributed by atoms with van der Waals surface area (Å²) in [7, 11) is 0. The Bertz CT molecular complexity index is 130. The Morgan fingerprint density at radius 1 is 1.64 bits per heavy atom. The Morgan fingerprint density at radius 2 is 2.18 bits per heavy atom. The van der Waals surface area contributed by atoms with Crippen molar-refractivity contribution in [3.05, 3.63) is 11.1 Å². The van der Waals surface area contributed by atoms with Gasteiger partial charge >= 0.3 is 0 Å². The van der Waals surface area contributed by atoms with Gasteiger partial charge in [0.1, 0.15) is 0 Å². The molecule has 0 aliphatic rings. The van der Waals surface area contributed by atoms with Gasteiger partial charge in [-0.1, -0.05) is 42.3 Å². The molecule has 0 spiro atoms. The highest BCUT2D eigenvalue weighted by molar-refractivity contribution is 9.11. The second-order valence-corrected chi connectivity index (χ2v) is 4.42. The molecule has 0 aromatic carbocycles. The van der Waals surface area contributed by atoms with E-state index in [1.807, 2.05) is 6.92 Å². The highest BCUT2D eigenvalue weighted by Gasteiger charge is 2.19. The third-order valence-electron chi connectivity index (χ3n) is 1.64. The average Bonchev–Trinajstić information content (AvgIpc) is 1.81. The third kappa shape index (κ3) is 6.57. The smallest absolute Gasteiger partial charge is 0.0664 e. The summed E-state index contributed by atoms with van der Waals surface area (Å²) in [6.07, 6.45) is 3.71. The number of rotatable bonds is 5. The van der Waals surface area contributed by atoms with Crippen molar-refractivity contribution in [3.8, 4) is 0 Å². The number of halogens is 1. The van der Waals surface area contributed by atoms with E-state index in [-0.39, 0.29) is 0 Å². The largest absolute Gasteiger partial charge is 0.390 e. The Balaban J connectivity index is 3.70. The molecular formula is C9H17BrO. The fourth-order valence-electron chi connectivity index (χ4n) is 1.06. The van der Waals surface area contributed by atoms with Gasteiger partial charge in [-0.2, -0.15) is 0 Å². The van der Waals surface area contributed by atoms with Gasteiger partial charge in [-0.05, 0) is 17.8 Å². The third-order valence-corrected chi connectivity index (χ3v) is 1.92. The van der Waals surface area contributed by atoms with Crippen LogP contribution in [0.2, 0.25) is 0 Å². The molecule has 1 unspecified atom stereocenters. The van der Waals surface area contributed by atoms with Crippen LogP contribution in [0.25, 0.3) is 0 Å². The van der Waals surface area contributed by atoms with Crippen LogP contribution in [0.3, 0.4) is 0 Å². The van der Waals surface area contributed by atoms with Gasteiger partial charge in [0.05, 0.1) is 5.60 Å². The second kappa shape index (κ2) is 4.94. The van der Waals surface area contributed by atoms with Gasteiger partial charge in [-0.15, -0.1) is 0 Å². The van der Waals surface area contributed by atoms with Crippen molar-refractivity contribution in [1.29, 1.82) is 0 Å². The topological polar surface area (TPSA) is 20.2 Å². The highest BCUT2D eigenvalue weighted by Crippen LogP contribution is 2.24. The van der Waals surface area contributed by atoms with Crippen LogP contribution in [-0.4, -0.2) is 10.7 Å². The minimum absolute atomic E-state index is 0.573. The monoisotopic (exact) mass is 220 g/mol. The zero-order chi connectivity index (χ0) is 8.91. The molecule has 1 atom stereocenters. The van der Waals surface area contributed by atoms with Crippen LogP contribution in [0.15, 0.2) is 11.1 Å². The standard InChI is InChI=1S/C9H17BrO/c1-4-5-6-9(3,11)7-8(2)10/h11H,2,4-7H2,1,3H3. The van der Waals surface area contributed by atoms with E-state index >= 15 is 0 Å². The first-order valence-electron chi connectivity index (χ1n) is 4.03. The van der Waals surface area contributed by atoms with Crippen molar-refractivity contribution in [2.45, 2.75) is 45.1 Å². The summed E-state index contributed by atoms with van der Waals surface area (Å²) in [5.41, 5.74) is -0.573. The molecule has 0 aliphatic carbocycles. The van der Waals surface area contributed by atoms with Crippen LogP contribution in [-0.2, 0) is 0 Å². The molecule has 1 nitrogen and oxygen atoms in total. The zero-order valence-electron chi connectivity index (χ0n) is 7.36. The van der Waals surface area contributed by atoms with Crippen LogP contribution in [0, 0.1) is 0 Å². The molecule has 0 saturated carbocycles. The van der Waals surface area contributed by atoms with Gasteiger partial charge in [-0.3, -0.25) is 0 Å². The molecule has 2 heteroatoms. The number of hydrogen-bond donors (Lipinski definition) is 1. The van der Waals surface area contributed by atoms with E-state index in [1.54, 1.807) is 0 Å². The molecule has 0 heterocycles. The van der Waals surface area contributed by atoms with Crippen LogP contribution >= 0.6 is 15.9 Å². The maximum Gasteiger partial charge on any atom is 0.0664 e. The van der Waals surface area contributed by atoms with Crippen LogP contribution in [0.5, 0.6) is 0 Å². The van der Waals surface area contributed by atoms with Crippen molar-refractivity contribution >= 4 is 15.9 Å². The quantitative estimate of drug-likeness (QED) is 0.755. The predicted molar refractivity (Wildman–Crippen MR) is 52.8 cm³/mol. The first-order chi connectivity index (χ1) is 4.98. The lowest BCUT2D eigenvalue weighted by Gasteiger charge is -2.22. The lowest BCUT2D eigenvalue weighted by Crippen LogP contribution is -2.23. The first-order valence-corrected chi connectivity index (χ1v) is 4.83. The molecule has 0 rings (SSSR count). The molecule has 0 saturated heterocycles. The van der Waals surface area contributed by atoms with Crippen LogP contribution in [0.1, 0.15) is 39.5 Å². The van der Waals surface area contributed by atoms with E-state index in [0.717, 1.165) is 23.7 Å². The van der Waals surface area contributed by atoms with Gasteiger partial charge in [0.2, 0.25) is 0 Å². The normalized spacial score (nSPS) is 16.0. The summed E-state index contributed by atoms with van der Waals surface area (Å²) in [5.74, 6) is 0. The summed E-state index contributed by atoms with van der Waals surface area (Å²) in [6.45, 7) is 7.69. The summed E-state index contributed by atoms with van der Waals surface area (Å²) in [5, 5.41) is 9.73. The predicted octanol–water partition coefficient (Wildman–Crippen LogP) is 3.23. The number of aliphatic hydroxyl groups is 1. The van der Waals surface area contributed by atoms with E-state index in [4.69, 9.17) is 0 Å². The molecule has 11 heavy (non-hydrogen) atoms. The molecular weight excluding hydrogens is 204 g/mol. The fraction of sp³-hybridized carbons (Fsp3) is 0.778. The molecule has 0 aromatic heterocycles. The number of hydrogen-bond acceptors (Lipinski definition) is 1. The van der Waals surface area contributed by atoms with Crippen LogP contribution < -0.4 is 0 Å². The Hall–Kier alpha value is 0.180. The van der Waals surface area contributed by atoms with Gasteiger partial charge in [0.25, 0.3) is 0 Å². The van der Waals surface area contributed by atoms with E-state index in [1.165, 1.54) is 0 Å². The maximum absolute atomic E-state index is 9.73.